The first-order valence-corrected chi connectivity index (χ1v) is 6.07. The Kier molecular flexibility index (Phi) is 3.94. The molecule has 3 heteroatoms. The molecule has 90 valence electrons. The van der Waals surface area contributed by atoms with Crippen LogP contribution in [0.3, 0.4) is 0 Å². The van der Waals surface area contributed by atoms with Crippen molar-refractivity contribution < 1.29 is 4.74 Å². The molecule has 1 N–H and O–H groups in total. The number of pyridine rings is 1. The average Bonchev–Trinajstić information content (AvgIpc) is 2.36. The minimum absolute atomic E-state index is 0.645. The lowest BCUT2D eigenvalue weighted by atomic mass is 10.1. The third-order valence-corrected chi connectivity index (χ3v) is 2.64. The van der Waals surface area contributed by atoms with Crippen LogP contribution in [0.1, 0.15) is 19.4 Å². The summed E-state index contributed by atoms with van der Waals surface area (Å²) in [5, 5.41) is 4.53. The summed E-state index contributed by atoms with van der Waals surface area (Å²) in [4.78, 5) is 4.48. The Morgan fingerprint density at radius 1 is 1.24 bits per heavy atom. The van der Waals surface area contributed by atoms with Crippen molar-refractivity contribution in [3.8, 4) is 5.88 Å². The maximum atomic E-state index is 5.50. The highest BCUT2D eigenvalue weighted by Crippen LogP contribution is 2.21. The summed E-state index contributed by atoms with van der Waals surface area (Å²) in [6, 6.07) is 10.2. The fourth-order valence-corrected chi connectivity index (χ4v) is 1.85. The van der Waals surface area contributed by atoms with Crippen LogP contribution in [0.5, 0.6) is 5.88 Å². The Hall–Kier alpha value is -1.61. The van der Waals surface area contributed by atoms with Gasteiger partial charge in [-0.2, -0.15) is 0 Å². The van der Waals surface area contributed by atoms with Crippen LogP contribution in [-0.2, 0) is 6.54 Å². The molecule has 3 nitrogen and oxygen atoms in total. The van der Waals surface area contributed by atoms with Crippen molar-refractivity contribution in [3.63, 3.8) is 0 Å². The maximum absolute atomic E-state index is 5.50. The largest absolute Gasteiger partial charge is 0.478 e. The summed E-state index contributed by atoms with van der Waals surface area (Å²) in [5.41, 5.74) is 2.23. The number of fused-ring (bicyclic) bond motifs is 1. The molecule has 0 saturated heterocycles. The van der Waals surface area contributed by atoms with Gasteiger partial charge in [0.2, 0.25) is 5.88 Å². The van der Waals surface area contributed by atoms with Crippen LogP contribution in [0.25, 0.3) is 10.9 Å². The smallest absolute Gasteiger partial charge is 0.214 e. The van der Waals surface area contributed by atoms with Crippen LogP contribution in [0.4, 0.5) is 0 Å². The third-order valence-electron chi connectivity index (χ3n) is 2.64. The molecule has 1 aromatic heterocycles. The van der Waals surface area contributed by atoms with Gasteiger partial charge in [0.05, 0.1) is 12.1 Å². The maximum Gasteiger partial charge on any atom is 0.214 e. The van der Waals surface area contributed by atoms with Crippen molar-refractivity contribution in [3.05, 3.63) is 35.9 Å². The summed E-state index contributed by atoms with van der Waals surface area (Å²) in [6.45, 7) is 6.53. The second-order valence-electron chi connectivity index (χ2n) is 3.85. The van der Waals surface area contributed by atoms with E-state index in [0.717, 1.165) is 18.6 Å². The highest BCUT2D eigenvalue weighted by molar-refractivity contribution is 5.82. The average molecular weight is 230 g/mol. The molecule has 0 fully saturated rings. The van der Waals surface area contributed by atoms with Crippen molar-refractivity contribution in [1.29, 1.82) is 0 Å². The minimum Gasteiger partial charge on any atom is -0.478 e. The quantitative estimate of drug-likeness (QED) is 0.857. The molecule has 17 heavy (non-hydrogen) atoms. The molecule has 0 spiro atoms. The van der Waals surface area contributed by atoms with Gasteiger partial charge in [-0.15, -0.1) is 0 Å². The molecule has 2 aromatic rings. The second-order valence-corrected chi connectivity index (χ2v) is 3.85. The van der Waals surface area contributed by atoms with E-state index in [1.165, 1.54) is 10.9 Å². The molecule has 0 radical (unpaired) electrons. The van der Waals surface area contributed by atoms with Crippen molar-refractivity contribution >= 4 is 10.9 Å². The lowest BCUT2D eigenvalue weighted by Gasteiger charge is -2.10. The van der Waals surface area contributed by atoms with Crippen LogP contribution in [0, 0.1) is 0 Å². The predicted molar refractivity (Wildman–Crippen MR) is 70.3 cm³/mol. The highest BCUT2D eigenvalue weighted by atomic mass is 16.5. The van der Waals surface area contributed by atoms with E-state index in [9.17, 15) is 0 Å². The van der Waals surface area contributed by atoms with Crippen LogP contribution in [0.2, 0.25) is 0 Å². The van der Waals surface area contributed by atoms with Crippen molar-refractivity contribution in [2.24, 2.45) is 0 Å². The van der Waals surface area contributed by atoms with Crippen molar-refractivity contribution in [1.82, 2.24) is 10.3 Å². The van der Waals surface area contributed by atoms with E-state index < -0.39 is 0 Å². The first-order valence-electron chi connectivity index (χ1n) is 6.07. The van der Waals surface area contributed by atoms with Gasteiger partial charge in [-0.1, -0.05) is 25.1 Å². The van der Waals surface area contributed by atoms with E-state index in [0.29, 0.717) is 12.5 Å². The second kappa shape index (κ2) is 5.64. The van der Waals surface area contributed by atoms with Gasteiger partial charge in [-0.25, -0.2) is 4.98 Å². The van der Waals surface area contributed by atoms with Crippen LogP contribution >= 0.6 is 0 Å². The highest BCUT2D eigenvalue weighted by Gasteiger charge is 2.05. The SMILES string of the molecule is CCNCc1cc(OCC)nc2ccccc12. The minimum atomic E-state index is 0.645. The molecule has 0 aliphatic rings. The first-order chi connectivity index (χ1) is 8.35. The zero-order valence-electron chi connectivity index (χ0n) is 10.4. The number of nitrogens with zero attached hydrogens (tertiary/aromatic N) is 1. The summed E-state index contributed by atoms with van der Waals surface area (Å²) in [6.07, 6.45) is 0. The number of hydrogen-bond acceptors (Lipinski definition) is 3. The normalized spacial score (nSPS) is 10.7. The molecule has 0 unspecified atom stereocenters. The summed E-state index contributed by atoms with van der Waals surface area (Å²) in [5.74, 6) is 0.708. The molecule has 0 saturated carbocycles. The molecular weight excluding hydrogens is 212 g/mol. The number of benzene rings is 1. The number of para-hydroxylation sites is 1. The standard InChI is InChI=1S/C14H18N2O/c1-3-15-10-11-9-14(17-4-2)16-13-8-6-5-7-12(11)13/h5-9,15H,3-4,10H2,1-2H3. The monoisotopic (exact) mass is 230 g/mol. The van der Waals surface area contributed by atoms with Crippen LogP contribution < -0.4 is 10.1 Å². The van der Waals surface area contributed by atoms with Gasteiger partial charge in [0.15, 0.2) is 0 Å². The van der Waals surface area contributed by atoms with Gasteiger partial charge in [-0.05, 0) is 25.1 Å². The molecule has 0 aliphatic heterocycles. The summed E-state index contributed by atoms with van der Waals surface area (Å²) in [7, 11) is 0. The fourth-order valence-electron chi connectivity index (χ4n) is 1.85. The van der Waals surface area contributed by atoms with E-state index in [1.807, 2.05) is 31.2 Å². The Bertz CT molecular complexity index is 497. The third kappa shape index (κ3) is 2.74. The van der Waals surface area contributed by atoms with Gasteiger partial charge in [0.25, 0.3) is 0 Å². The van der Waals surface area contributed by atoms with Crippen molar-refractivity contribution in [2.75, 3.05) is 13.2 Å². The molecule has 0 atom stereocenters. The molecule has 2 rings (SSSR count). The Labute approximate surface area is 102 Å². The van der Waals surface area contributed by atoms with E-state index >= 15 is 0 Å². The van der Waals surface area contributed by atoms with Gasteiger partial charge < -0.3 is 10.1 Å². The number of nitrogens with one attached hydrogen (secondary N) is 1. The number of ether oxygens (including phenoxy) is 1. The van der Waals surface area contributed by atoms with Crippen LogP contribution in [-0.4, -0.2) is 18.1 Å². The zero-order chi connectivity index (χ0) is 12.1. The van der Waals surface area contributed by atoms with E-state index in [4.69, 9.17) is 4.74 Å². The summed E-state index contributed by atoms with van der Waals surface area (Å²) >= 11 is 0. The van der Waals surface area contributed by atoms with E-state index in [2.05, 4.69) is 23.3 Å². The Balaban J connectivity index is 2.45. The molecule has 0 bridgehead atoms. The van der Waals surface area contributed by atoms with Gasteiger partial charge in [-0.3, -0.25) is 0 Å². The Morgan fingerprint density at radius 3 is 2.82 bits per heavy atom. The van der Waals surface area contributed by atoms with E-state index in [-0.39, 0.29) is 0 Å². The molecule has 1 heterocycles. The predicted octanol–water partition coefficient (Wildman–Crippen LogP) is 2.74. The number of hydrogen-bond donors (Lipinski definition) is 1. The van der Waals surface area contributed by atoms with Gasteiger partial charge in [0, 0.05) is 18.0 Å². The number of rotatable bonds is 5. The lowest BCUT2D eigenvalue weighted by molar-refractivity contribution is 0.327. The number of aromatic nitrogens is 1. The van der Waals surface area contributed by atoms with Gasteiger partial charge >= 0.3 is 0 Å². The molecule has 1 aromatic carbocycles. The lowest BCUT2D eigenvalue weighted by Crippen LogP contribution is -2.12. The fraction of sp³-hybridized carbons (Fsp3) is 0.357. The van der Waals surface area contributed by atoms with E-state index in [1.54, 1.807) is 0 Å². The van der Waals surface area contributed by atoms with Crippen LogP contribution in [0.15, 0.2) is 30.3 Å². The molecule has 0 amide bonds. The first kappa shape index (κ1) is 11.9. The Morgan fingerprint density at radius 2 is 2.06 bits per heavy atom. The molecule has 0 aliphatic carbocycles. The summed E-state index contributed by atoms with van der Waals surface area (Å²) < 4.78 is 5.50. The zero-order valence-corrected chi connectivity index (χ0v) is 10.4. The van der Waals surface area contributed by atoms with Crippen molar-refractivity contribution in [2.45, 2.75) is 20.4 Å². The van der Waals surface area contributed by atoms with Gasteiger partial charge in [0.1, 0.15) is 0 Å². The topological polar surface area (TPSA) is 34.1 Å². The molecular formula is C14H18N2O.